The fourth-order valence-electron chi connectivity index (χ4n) is 1.68. The molecule has 0 rings (SSSR count). The minimum Gasteiger partial charge on any atom is -0.487 e. The molecular weight excluding hydrogens is 240 g/mol. The van der Waals surface area contributed by atoms with Gasteiger partial charge in [-0.15, -0.1) is 0 Å². The summed E-state index contributed by atoms with van der Waals surface area (Å²) >= 11 is 0. The highest BCUT2D eigenvalue weighted by atomic mass is 16.6. The SMILES string of the molecule is CC=CCCCCCCCC=COC(C)C(=O)OC. The fourth-order valence-corrected chi connectivity index (χ4v) is 1.68. The highest BCUT2D eigenvalue weighted by Gasteiger charge is 2.11. The third kappa shape index (κ3) is 11.6. The van der Waals surface area contributed by atoms with Gasteiger partial charge in [0.15, 0.2) is 6.10 Å². The van der Waals surface area contributed by atoms with E-state index in [0.29, 0.717) is 0 Å². The Morgan fingerprint density at radius 1 is 1.05 bits per heavy atom. The van der Waals surface area contributed by atoms with Crippen LogP contribution in [0.2, 0.25) is 0 Å². The first-order chi connectivity index (χ1) is 9.22. The number of allylic oxidation sites excluding steroid dienone is 3. The molecule has 1 atom stereocenters. The van der Waals surface area contributed by atoms with Crippen molar-refractivity contribution in [1.82, 2.24) is 0 Å². The van der Waals surface area contributed by atoms with Gasteiger partial charge in [0.25, 0.3) is 0 Å². The van der Waals surface area contributed by atoms with E-state index in [9.17, 15) is 4.79 Å². The molecule has 0 saturated carbocycles. The van der Waals surface area contributed by atoms with Crippen LogP contribution >= 0.6 is 0 Å². The monoisotopic (exact) mass is 268 g/mol. The fraction of sp³-hybridized carbons (Fsp3) is 0.688. The van der Waals surface area contributed by atoms with E-state index in [1.165, 1.54) is 45.6 Å². The largest absolute Gasteiger partial charge is 0.487 e. The Kier molecular flexibility index (Phi) is 12.3. The molecule has 0 N–H and O–H groups in total. The molecule has 110 valence electrons. The molecule has 0 amide bonds. The lowest BCUT2D eigenvalue weighted by Crippen LogP contribution is -2.19. The average Bonchev–Trinajstić information content (AvgIpc) is 2.43. The quantitative estimate of drug-likeness (QED) is 0.241. The normalized spacial score (nSPS) is 13.0. The Morgan fingerprint density at radius 2 is 1.63 bits per heavy atom. The minimum atomic E-state index is -0.520. The van der Waals surface area contributed by atoms with Crippen molar-refractivity contribution in [3.05, 3.63) is 24.5 Å². The summed E-state index contributed by atoms with van der Waals surface area (Å²) in [6.07, 6.45) is 15.9. The van der Waals surface area contributed by atoms with Gasteiger partial charge < -0.3 is 9.47 Å². The number of esters is 1. The summed E-state index contributed by atoms with van der Waals surface area (Å²) in [6.45, 7) is 3.75. The molecule has 0 spiro atoms. The summed E-state index contributed by atoms with van der Waals surface area (Å²) in [5, 5.41) is 0. The number of unbranched alkanes of at least 4 members (excludes halogenated alkanes) is 6. The van der Waals surface area contributed by atoms with Gasteiger partial charge in [-0.3, -0.25) is 0 Å². The number of carbonyl (C=O) groups is 1. The molecule has 0 fully saturated rings. The first-order valence-corrected chi connectivity index (χ1v) is 7.21. The molecule has 3 nitrogen and oxygen atoms in total. The van der Waals surface area contributed by atoms with Crippen molar-refractivity contribution in [2.45, 2.75) is 64.9 Å². The smallest absolute Gasteiger partial charge is 0.346 e. The molecule has 0 radical (unpaired) electrons. The van der Waals surface area contributed by atoms with Crippen molar-refractivity contribution in [2.75, 3.05) is 7.11 Å². The predicted molar refractivity (Wildman–Crippen MR) is 78.8 cm³/mol. The van der Waals surface area contributed by atoms with Gasteiger partial charge >= 0.3 is 5.97 Å². The van der Waals surface area contributed by atoms with Crippen LogP contribution in [-0.2, 0) is 14.3 Å². The third-order valence-corrected chi connectivity index (χ3v) is 2.89. The van der Waals surface area contributed by atoms with Crippen molar-refractivity contribution in [1.29, 1.82) is 0 Å². The first kappa shape index (κ1) is 17.8. The van der Waals surface area contributed by atoms with E-state index in [1.807, 2.05) is 6.08 Å². The van der Waals surface area contributed by atoms with Crippen LogP contribution in [-0.4, -0.2) is 19.2 Å². The average molecular weight is 268 g/mol. The zero-order valence-electron chi connectivity index (χ0n) is 12.6. The van der Waals surface area contributed by atoms with Crippen molar-refractivity contribution in [3.63, 3.8) is 0 Å². The van der Waals surface area contributed by atoms with Gasteiger partial charge in [-0.05, 0) is 45.6 Å². The summed E-state index contributed by atoms with van der Waals surface area (Å²) in [5.41, 5.74) is 0. The van der Waals surface area contributed by atoms with Gasteiger partial charge in [-0.2, -0.15) is 0 Å². The number of rotatable bonds is 11. The van der Waals surface area contributed by atoms with Crippen LogP contribution in [0.5, 0.6) is 0 Å². The Hall–Kier alpha value is -1.25. The molecule has 0 aromatic heterocycles. The van der Waals surface area contributed by atoms with Crippen molar-refractivity contribution in [3.8, 4) is 0 Å². The van der Waals surface area contributed by atoms with Gasteiger partial charge in [0.2, 0.25) is 0 Å². The molecule has 0 bridgehead atoms. The van der Waals surface area contributed by atoms with E-state index < -0.39 is 6.10 Å². The van der Waals surface area contributed by atoms with Crippen LogP contribution in [0.25, 0.3) is 0 Å². The van der Waals surface area contributed by atoms with Crippen LogP contribution < -0.4 is 0 Å². The van der Waals surface area contributed by atoms with E-state index in [0.717, 1.165) is 6.42 Å². The molecule has 0 aromatic carbocycles. The maximum atomic E-state index is 11.0. The number of ether oxygens (including phenoxy) is 2. The molecule has 0 heterocycles. The maximum absolute atomic E-state index is 11.0. The second-order valence-electron chi connectivity index (χ2n) is 4.59. The van der Waals surface area contributed by atoms with E-state index >= 15 is 0 Å². The Bertz CT molecular complexity index is 269. The van der Waals surface area contributed by atoms with E-state index in [4.69, 9.17) is 4.74 Å². The third-order valence-electron chi connectivity index (χ3n) is 2.89. The zero-order valence-corrected chi connectivity index (χ0v) is 12.6. The van der Waals surface area contributed by atoms with Crippen LogP contribution in [0.3, 0.4) is 0 Å². The summed E-state index contributed by atoms with van der Waals surface area (Å²) in [7, 11) is 1.36. The zero-order chi connectivity index (χ0) is 14.3. The summed E-state index contributed by atoms with van der Waals surface area (Å²) in [6, 6.07) is 0. The van der Waals surface area contributed by atoms with Crippen molar-refractivity contribution >= 4 is 5.97 Å². The lowest BCUT2D eigenvalue weighted by Gasteiger charge is -2.07. The molecule has 1 unspecified atom stereocenters. The molecule has 0 aliphatic heterocycles. The molecule has 0 aliphatic carbocycles. The molecule has 0 aromatic rings. The molecule has 19 heavy (non-hydrogen) atoms. The highest BCUT2D eigenvalue weighted by molar-refractivity contribution is 5.74. The van der Waals surface area contributed by atoms with Gasteiger partial charge in [-0.25, -0.2) is 4.79 Å². The Labute approximate surface area is 117 Å². The molecule has 3 heteroatoms. The molecular formula is C16H28O3. The van der Waals surface area contributed by atoms with Crippen molar-refractivity contribution in [2.24, 2.45) is 0 Å². The first-order valence-electron chi connectivity index (χ1n) is 7.21. The second kappa shape index (κ2) is 13.2. The topological polar surface area (TPSA) is 35.5 Å². The number of hydrogen-bond donors (Lipinski definition) is 0. The van der Waals surface area contributed by atoms with Crippen LogP contribution in [0.1, 0.15) is 58.8 Å². The van der Waals surface area contributed by atoms with Gasteiger partial charge in [0.1, 0.15) is 0 Å². The molecule has 0 saturated heterocycles. The Balaban J connectivity index is 3.32. The molecule has 0 aliphatic rings. The van der Waals surface area contributed by atoms with Crippen LogP contribution in [0.15, 0.2) is 24.5 Å². The number of methoxy groups -OCH3 is 1. The van der Waals surface area contributed by atoms with Crippen molar-refractivity contribution < 1.29 is 14.3 Å². The highest BCUT2D eigenvalue weighted by Crippen LogP contribution is 2.08. The number of hydrogen-bond acceptors (Lipinski definition) is 3. The lowest BCUT2D eigenvalue weighted by atomic mass is 10.1. The summed E-state index contributed by atoms with van der Waals surface area (Å²) in [4.78, 5) is 11.0. The predicted octanol–water partition coefficient (Wildman–Crippen LogP) is 4.39. The maximum Gasteiger partial charge on any atom is 0.346 e. The van der Waals surface area contributed by atoms with Gasteiger partial charge in [0, 0.05) is 0 Å². The second-order valence-corrected chi connectivity index (χ2v) is 4.59. The summed E-state index contributed by atoms with van der Waals surface area (Å²) in [5.74, 6) is -0.342. The summed E-state index contributed by atoms with van der Waals surface area (Å²) < 4.78 is 9.76. The van der Waals surface area contributed by atoms with E-state index in [1.54, 1.807) is 13.2 Å². The van der Waals surface area contributed by atoms with Crippen LogP contribution in [0, 0.1) is 0 Å². The standard InChI is InChI=1S/C16H28O3/c1-4-5-6-7-8-9-10-11-12-13-14-19-15(2)16(17)18-3/h4-5,13-15H,6-12H2,1-3H3. The minimum absolute atomic E-state index is 0.342. The van der Waals surface area contributed by atoms with Crippen LogP contribution in [0.4, 0.5) is 0 Å². The Morgan fingerprint density at radius 3 is 2.21 bits per heavy atom. The van der Waals surface area contributed by atoms with E-state index in [-0.39, 0.29) is 5.97 Å². The van der Waals surface area contributed by atoms with Gasteiger partial charge in [0.05, 0.1) is 13.4 Å². The number of carbonyl (C=O) groups excluding carboxylic acids is 1. The van der Waals surface area contributed by atoms with E-state index in [2.05, 4.69) is 23.8 Å². The van der Waals surface area contributed by atoms with Gasteiger partial charge in [-0.1, -0.05) is 31.4 Å². The lowest BCUT2D eigenvalue weighted by molar-refractivity contribution is -0.149.